The number of hydrogen-bond donors (Lipinski definition) is 27. The van der Waals surface area contributed by atoms with Crippen LogP contribution in [0.3, 0.4) is 0 Å². The van der Waals surface area contributed by atoms with Crippen LogP contribution in [0, 0.1) is 23.2 Å². The third kappa shape index (κ3) is 39.2. The molecule has 1 saturated heterocycles. The molecule has 702 valence electrons. The van der Waals surface area contributed by atoms with E-state index in [2.05, 4.69) is 69.1 Å². The van der Waals surface area contributed by atoms with Crippen LogP contribution in [0.15, 0.2) is 48.5 Å². The summed E-state index contributed by atoms with van der Waals surface area (Å²) >= 11 is 0. The fraction of sp³-hybridized carbons (Fsp3) is 0.564. The second-order valence-corrected chi connectivity index (χ2v) is 31.2. The number of likely N-dealkylation sites (tertiary alicyclic amines) is 1. The lowest BCUT2D eigenvalue weighted by Crippen LogP contribution is -2.61. The number of rotatable bonds is 57. The van der Waals surface area contributed by atoms with E-state index in [1.807, 2.05) is 5.32 Å². The molecule has 17 amide bonds. The first-order valence-corrected chi connectivity index (χ1v) is 40.5. The summed E-state index contributed by atoms with van der Waals surface area (Å²) in [5, 5.41) is 109. The number of primary amides is 3. The summed E-state index contributed by atoms with van der Waals surface area (Å²) in [6, 6.07) is -14.0. The molecule has 1 aliphatic rings. The number of aliphatic carboxylic acids is 4. The maximum absolute atomic E-state index is 15.0. The van der Waals surface area contributed by atoms with Crippen LogP contribution in [0.1, 0.15) is 149 Å². The second-order valence-electron chi connectivity index (χ2n) is 31.2. The third-order valence-corrected chi connectivity index (χ3v) is 19.5. The molecule has 1 fully saturated rings. The van der Waals surface area contributed by atoms with Gasteiger partial charge in [-0.05, 0) is 111 Å². The van der Waals surface area contributed by atoms with Crippen molar-refractivity contribution in [1.29, 1.82) is 5.41 Å². The monoisotopic (exact) mass is 1800 g/mol. The van der Waals surface area contributed by atoms with E-state index in [1.165, 1.54) is 62.4 Å². The predicted molar refractivity (Wildman–Crippen MR) is 442 cm³/mol. The molecule has 2 aromatic rings. The van der Waals surface area contributed by atoms with Gasteiger partial charge in [0.1, 0.15) is 90.0 Å². The number of carbonyl (C=O) groups is 21. The number of carboxylic acids is 4. The Hall–Kier alpha value is -13.9. The number of nitrogens with zero attached hydrogens (tertiary/aromatic N) is 1. The van der Waals surface area contributed by atoms with Gasteiger partial charge in [0.05, 0.1) is 32.0 Å². The number of carboxylic acid groups (broad SMARTS) is 4. The van der Waals surface area contributed by atoms with Crippen molar-refractivity contribution in [3.8, 4) is 11.5 Å². The smallest absolute Gasteiger partial charge is 0.326 e. The molecule has 32 N–H and O–H groups in total. The van der Waals surface area contributed by atoms with Gasteiger partial charge in [-0.15, -0.1) is 0 Å². The quantitative estimate of drug-likeness (QED) is 0.0166. The highest BCUT2D eigenvalue weighted by atomic mass is 16.4. The van der Waals surface area contributed by atoms with E-state index in [0.717, 1.165) is 4.90 Å². The molecule has 2 aromatic carbocycles. The van der Waals surface area contributed by atoms with E-state index >= 15 is 4.79 Å². The molecule has 0 spiro atoms. The number of aliphatic hydroxyl groups is 1. The molecule has 0 aromatic heterocycles. The van der Waals surface area contributed by atoms with Crippen molar-refractivity contribution < 1.29 is 136 Å². The Morgan fingerprint density at radius 2 is 0.803 bits per heavy atom. The van der Waals surface area contributed by atoms with Gasteiger partial charge in [0, 0.05) is 51.6 Å². The summed E-state index contributed by atoms with van der Waals surface area (Å²) in [7, 11) is 0. The van der Waals surface area contributed by atoms with Gasteiger partial charge in [-0.1, -0.05) is 65.8 Å². The van der Waals surface area contributed by atoms with E-state index in [0.29, 0.717) is 0 Å². The van der Waals surface area contributed by atoms with Crippen molar-refractivity contribution in [3.63, 3.8) is 0 Å². The van der Waals surface area contributed by atoms with Crippen molar-refractivity contribution in [2.45, 2.75) is 235 Å². The summed E-state index contributed by atoms with van der Waals surface area (Å²) in [4.78, 5) is 283. The van der Waals surface area contributed by atoms with Gasteiger partial charge in [0.25, 0.3) is 0 Å². The van der Waals surface area contributed by atoms with E-state index in [1.54, 1.807) is 27.7 Å². The minimum absolute atomic E-state index is 0.0106. The molecule has 49 heteroatoms. The third-order valence-electron chi connectivity index (χ3n) is 19.5. The maximum atomic E-state index is 15.0. The Balaban J connectivity index is 2.06. The Kier molecular flexibility index (Phi) is 45.0. The Morgan fingerprint density at radius 3 is 1.20 bits per heavy atom. The van der Waals surface area contributed by atoms with Gasteiger partial charge in [-0.3, -0.25) is 101 Å². The molecule has 0 saturated carbocycles. The Morgan fingerprint density at radius 1 is 0.425 bits per heavy atom. The lowest BCUT2D eigenvalue weighted by Gasteiger charge is -2.32. The summed E-state index contributed by atoms with van der Waals surface area (Å²) in [6.45, 7) is 7.20. The van der Waals surface area contributed by atoms with Crippen LogP contribution >= 0.6 is 0 Å². The zero-order chi connectivity index (χ0) is 95.8. The molecule has 0 aliphatic carbocycles. The number of aromatic hydroxyl groups is 2. The number of benzene rings is 2. The van der Waals surface area contributed by atoms with Crippen molar-refractivity contribution >= 4 is 130 Å². The minimum atomic E-state index is -2.05. The van der Waals surface area contributed by atoms with Crippen molar-refractivity contribution in [2.75, 3.05) is 26.2 Å². The molecule has 49 nitrogen and oxygen atoms in total. The number of nitrogens with two attached hydrogens (primary N) is 5. The maximum Gasteiger partial charge on any atom is 0.326 e. The molecule has 14 atom stereocenters. The average Bonchev–Trinajstić information content (AvgIpc) is 1.56. The predicted octanol–water partition coefficient (Wildman–Crippen LogP) is -8.56. The van der Waals surface area contributed by atoms with Crippen LogP contribution in [0.5, 0.6) is 11.5 Å². The van der Waals surface area contributed by atoms with E-state index < -0.39 is 323 Å². The zero-order valence-corrected chi connectivity index (χ0v) is 70.8. The van der Waals surface area contributed by atoms with Gasteiger partial charge < -0.3 is 144 Å². The number of aliphatic hydroxyl groups excluding tert-OH is 1. The fourth-order valence-corrected chi connectivity index (χ4v) is 12.6. The van der Waals surface area contributed by atoms with Gasteiger partial charge in [0.2, 0.25) is 100 Å². The Labute approximate surface area is 727 Å². The first-order valence-electron chi connectivity index (χ1n) is 40.5. The van der Waals surface area contributed by atoms with Crippen LogP contribution in [0.2, 0.25) is 0 Å². The summed E-state index contributed by atoms with van der Waals surface area (Å²) in [5.41, 5.74) is 28.3. The average molecular weight is 1800 g/mol. The first kappa shape index (κ1) is 107. The number of carbonyl (C=O) groups excluding carboxylic acids is 17. The van der Waals surface area contributed by atoms with Crippen molar-refractivity contribution in [1.82, 2.24) is 79.3 Å². The highest BCUT2D eigenvalue weighted by Gasteiger charge is 2.42. The SMILES string of the molecule is CC(C)C[C@H](NC(=O)[C@H](Cc1ccc(O)cc1)NC(=O)[C@H](CC(N)=O)NC(=O)[C@H](CCC(=O)O)NC(=O)[C@H](CCC(N)=O)NC(=O)[C@@H](N)C(C)C)C(=O)N[C@@H](CCC(=O)O)C(=O)N[C@@H](Cc1ccc(O)cc1)C(=O)N[C@@H](CCCNC(=N)N)C(=O)N[C@@H](CCC(N)=O)C(=O)N[C@H](C(=O)N1CCC[C@H]1C(=O)NCC(=O)N[C@@H](CO)C(=O)N[C@@H](CC(=O)O)C(=O)O)C(C)C. The highest BCUT2D eigenvalue weighted by molar-refractivity contribution is 6.02. The fourth-order valence-electron chi connectivity index (χ4n) is 12.6. The zero-order valence-electron chi connectivity index (χ0n) is 70.8. The molecular formula is C78H117N21O28. The standard InChI is InChI=1S/C78H117N21O28/c1-36(2)29-48(93-71(120)50(31-40-13-17-42(102)18-14-40)95-72(121)51(32-57(81)105)96-67(116)46(21-25-59(107)108)90-65(114)44(19-23-55(79)103)92-75(124)62(82)37(3)4)69(118)91-47(22-26-60(109)110)66(115)94-49(30-39-11-15-41(101)16-12-39)70(119)88-43(9-7-27-85-78(83)84)64(113)89-45(20-24-56(80)104)68(117)98-63(38(5)6)76(125)99-28-8-10-54(99)74(123)86-34-58(106)87-53(35-100)73(122)97-52(77(126)127)33-61(111)112/h11-18,36-38,43-54,62-63,100-102H,7-10,19-35,82H2,1-6H3,(H2,79,103)(H2,80,104)(H2,81,105)(H,86,123)(H,87,106)(H,88,119)(H,89,113)(H,90,114)(H,91,118)(H,92,124)(H,93,120)(H,94,115)(H,95,121)(H,96,116)(H,97,122)(H,98,117)(H,107,108)(H,109,110)(H,111,112)(H,126,127)(H4,83,84,85)/t43-,44-,45-,46-,47-,48-,49-,50-,51-,52-,53-,54-,62-,63-/m0/s1. The summed E-state index contributed by atoms with van der Waals surface area (Å²) in [5.74, 6) is -28.2. The number of phenolic OH excluding ortho intramolecular Hbond substituents is 2. The highest BCUT2D eigenvalue weighted by Crippen LogP contribution is 2.22. The first-order chi connectivity index (χ1) is 59.5. The van der Waals surface area contributed by atoms with Crippen LogP contribution in [0.4, 0.5) is 0 Å². The Bertz CT molecular complexity index is 4270. The lowest BCUT2D eigenvalue weighted by molar-refractivity contribution is -0.147. The van der Waals surface area contributed by atoms with Crippen LogP contribution in [-0.2, 0) is 114 Å². The van der Waals surface area contributed by atoms with Crippen LogP contribution in [0.25, 0.3) is 0 Å². The van der Waals surface area contributed by atoms with Gasteiger partial charge >= 0.3 is 23.9 Å². The molecular weight excluding hydrogens is 1680 g/mol. The normalized spacial score (nSPS) is 15.3. The van der Waals surface area contributed by atoms with Crippen LogP contribution in [-0.4, -0.2) is 282 Å². The number of hydrogen-bond acceptors (Lipinski definition) is 26. The number of amides is 17. The molecule has 0 unspecified atom stereocenters. The molecule has 1 aliphatic heterocycles. The molecule has 1 heterocycles. The molecule has 0 bridgehead atoms. The van der Waals surface area contributed by atoms with Crippen LogP contribution < -0.4 is 103 Å². The van der Waals surface area contributed by atoms with Crippen molar-refractivity contribution in [3.05, 3.63) is 59.7 Å². The number of guanidine groups is 1. The summed E-state index contributed by atoms with van der Waals surface area (Å²) in [6.07, 6.45) is -8.85. The summed E-state index contributed by atoms with van der Waals surface area (Å²) < 4.78 is 0. The molecule has 0 radical (unpaired) electrons. The number of phenols is 2. The van der Waals surface area contributed by atoms with Gasteiger partial charge in [-0.25, -0.2) is 4.79 Å². The largest absolute Gasteiger partial charge is 0.508 e. The van der Waals surface area contributed by atoms with E-state index in [-0.39, 0.29) is 67.8 Å². The topological polar surface area (TPSA) is 826 Å². The molecule has 3 rings (SSSR count). The second kappa shape index (κ2) is 53.3. The number of nitrogens with one attached hydrogen (secondary N) is 15. The minimum Gasteiger partial charge on any atom is -0.508 e. The van der Waals surface area contributed by atoms with Gasteiger partial charge in [-0.2, -0.15) is 0 Å². The molecule has 127 heavy (non-hydrogen) atoms. The van der Waals surface area contributed by atoms with E-state index in [4.69, 9.17) is 39.2 Å². The van der Waals surface area contributed by atoms with Gasteiger partial charge in [0.15, 0.2) is 5.96 Å². The van der Waals surface area contributed by atoms with Crippen molar-refractivity contribution in [2.24, 2.45) is 46.4 Å². The lowest BCUT2D eigenvalue weighted by atomic mass is 9.99. The van der Waals surface area contributed by atoms with E-state index in [9.17, 15) is 127 Å².